The summed E-state index contributed by atoms with van der Waals surface area (Å²) in [6.07, 6.45) is 4.64. The summed E-state index contributed by atoms with van der Waals surface area (Å²) in [5.74, 6) is 0. The molecule has 0 saturated carbocycles. The molecule has 0 fully saturated rings. The molecule has 0 bridgehead atoms. The summed E-state index contributed by atoms with van der Waals surface area (Å²) in [5, 5.41) is 0. The lowest BCUT2D eigenvalue weighted by Gasteiger charge is -1.97. The number of hydrogen-bond donors (Lipinski definition) is 0. The molecular weight excluding hydrogens is 105 g/mol. The van der Waals surface area contributed by atoms with Crippen LogP contribution in [0.5, 0.6) is 0 Å². The van der Waals surface area contributed by atoms with E-state index in [2.05, 4.69) is 9.65 Å². The quantitative estimate of drug-likeness (QED) is 0.414. The number of rotatable bonds is 0. The predicted molar refractivity (Wildman–Crippen MR) is 30.4 cm³/mol. The monoisotopic (exact) mass is 110 g/mol. The molecule has 1 aliphatic rings. The fourth-order valence-corrected chi connectivity index (χ4v) is 0.328. The second-order valence-corrected chi connectivity index (χ2v) is 1.18. The Hall–Kier alpha value is -0.765. The lowest BCUT2D eigenvalue weighted by molar-refractivity contribution is 0.314. The number of hydrogen-bond acceptors (Lipinski definition) is 3. The summed E-state index contributed by atoms with van der Waals surface area (Å²) >= 11 is 0. The Morgan fingerprint density at radius 3 is 3.62 bits per heavy atom. The van der Waals surface area contributed by atoms with E-state index in [1.54, 1.807) is 12.4 Å². The van der Waals surface area contributed by atoms with Crippen LogP contribution in [0.3, 0.4) is 0 Å². The van der Waals surface area contributed by atoms with Gasteiger partial charge in [-0.05, 0) is 0 Å². The smallest absolute Gasteiger partial charge is 0.542 e. The maximum absolute atomic E-state index is 4.73. The molecular formula is C4H5BNO2. The first kappa shape index (κ1) is 5.37. The molecule has 0 aromatic rings. The van der Waals surface area contributed by atoms with E-state index >= 15 is 0 Å². The van der Waals surface area contributed by atoms with Crippen molar-refractivity contribution in [2.45, 2.75) is 0 Å². The first-order chi connectivity index (χ1) is 4.00. The summed E-state index contributed by atoms with van der Waals surface area (Å²) in [5.41, 5.74) is 0. The fraction of sp³-hybridized carbons (Fsp3) is 0.250. The minimum Gasteiger partial charge on any atom is -0.542 e. The zero-order valence-electron chi connectivity index (χ0n) is 4.28. The van der Waals surface area contributed by atoms with Gasteiger partial charge in [0.1, 0.15) is 0 Å². The summed E-state index contributed by atoms with van der Waals surface area (Å²) in [6, 6.07) is 0. The van der Waals surface area contributed by atoms with Gasteiger partial charge in [-0.2, -0.15) is 0 Å². The molecule has 3 nitrogen and oxygen atoms in total. The zero-order valence-corrected chi connectivity index (χ0v) is 4.28. The largest absolute Gasteiger partial charge is 0.572 e. The summed E-state index contributed by atoms with van der Waals surface area (Å²) in [7, 11) is 1.27. The van der Waals surface area contributed by atoms with Gasteiger partial charge in [0, 0.05) is 6.21 Å². The third-order valence-corrected chi connectivity index (χ3v) is 0.625. The van der Waals surface area contributed by atoms with E-state index in [0.717, 1.165) is 0 Å². The van der Waals surface area contributed by atoms with E-state index in [1.165, 1.54) is 13.9 Å². The van der Waals surface area contributed by atoms with Gasteiger partial charge in [-0.15, -0.1) is 0 Å². The molecule has 0 spiro atoms. The zero-order chi connectivity index (χ0) is 5.66. The molecule has 0 unspecified atom stereocenters. The van der Waals surface area contributed by atoms with Gasteiger partial charge in [-0.25, -0.2) is 0 Å². The number of nitrogens with zero attached hydrogens (tertiary/aromatic N) is 1. The molecule has 0 aliphatic carbocycles. The topological polar surface area (TPSA) is 30.8 Å². The minimum absolute atomic E-state index is 0.477. The molecule has 1 rings (SSSR count). The van der Waals surface area contributed by atoms with Crippen LogP contribution in [0.1, 0.15) is 0 Å². The molecule has 41 valence electrons. The van der Waals surface area contributed by atoms with Crippen molar-refractivity contribution < 1.29 is 9.31 Å². The Morgan fingerprint density at radius 2 is 2.62 bits per heavy atom. The van der Waals surface area contributed by atoms with E-state index in [0.29, 0.717) is 6.61 Å². The van der Waals surface area contributed by atoms with Gasteiger partial charge >= 0.3 is 7.69 Å². The first-order valence-electron chi connectivity index (χ1n) is 2.25. The first-order valence-corrected chi connectivity index (χ1v) is 2.25. The van der Waals surface area contributed by atoms with Crippen LogP contribution in [-0.4, -0.2) is 20.5 Å². The molecule has 0 aromatic carbocycles. The molecule has 1 aliphatic heterocycles. The average Bonchev–Trinajstić information content (AvgIpc) is 1.62. The second kappa shape index (κ2) is 3.26. The van der Waals surface area contributed by atoms with E-state index < -0.39 is 0 Å². The Morgan fingerprint density at radius 1 is 1.62 bits per heavy atom. The van der Waals surface area contributed by atoms with Crippen LogP contribution in [0.15, 0.2) is 17.5 Å². The van der Waals surface area contributed by atoms with Gasteiger partial charge in [0.2, 0.25) is 0 Å². The van der Waals surface area contributed by atoms with E-state index in [9.17, 15) is 0 Å². The van der Waals surface area contributed by atoms with Gasteiger partial charge in [0.15, 0.2) is 0 Å². The lowest BCUT2D eigenvalue weighted by atomic mass is 10.4. The van der Waals surface area contributed by atoms with Crippen LogP contribution in [0.25, 0.3) is 0 Å². The van der Waals surface area contributed by atoms with Crippen molar-refractivity contribution in [2.24, 2.45) is 4.99 Å². The fourth-order valence-electron chi connectivity index (χ4n) is 0.328. The van der Waals surface area contributed by atoms with Crippen molar-refractivity contribution in [3.05, 3.63) is 12.5 Å². The predicted octanol–water partition coefficient (Wildman–Crippen LogP) is 0.109. The third-order valence-electron chi connectivity index (χ3n) is 0.625. The molecule has 1 heterocycles. The maximum atomic E-state index is 4.73. The molecule has 0 aromatic heterocycles. The SMILES string of the molecule is [B]1OC=CN=CCO1. The minimum atomic E-state index is 0.477. The third kappa shape index (κ3) is 1.79. The van der Waals surface area contributed by atoms with Crippen molar-refractivity contribution in [3.8, 4) is 0 Å². The van der Waals surface area contributed by atoms with Gasteiger partial charge in [0.05, 0.1) is 19.1 Å². The Kier molecular flexibility index (Phi) is 2.19. The van der Waals surface area contributed by atoms with Gasteiger partial charge in [-0.3, -0.25) is 4.99 Å². The van der Waals surface area contributed by atoms with E-state index in [1.807, 2.05) is 0 Å². The van der Waals surface area contributed by atoms with Crippen molar-refractivity contribution in [3.63, 3.8) is 0 Å². The summed E-state index contributed by atoms with van der Waals surface area (Å²) in [6.45, 7) is 0.477. The molecule has 4 heteroatoms. The van der Waals surface area contributed by atoms with Crippen molar-refractivity contribution in [2.75, 3.05) is 6.61 Å². The van der Waals surface area contributed by atoms with Crippen molar-refractivity contribution in [1.29, 1.82) is 0 Å². The van der Waals surface area contributed by atoms with Crippen LogP contribution in [0, 0.1) is 0 Å². The van der Waals surface area contributed by atoms with Gasteiger partial charge in [0.25, 0.3) is 0 Å². The van der Waals surface area contributed by atoms with Gasteiger partial charge in [-0.1, -0.05) is 0 Å². The highest BCUT2D eigenvalue weighted by molar-refractivity contribution is 6.18. The molecule has 0 N–H and O–H groups in total. The van der Waals surface area contributed by atoms with Gasteiger partial charge < -0.3 is 9.31 Å². The summed E-state index contributed by atoms with van der Waals surface area (Å²) in [4.78, 5) is 3.76. The molecule has 0 saturated heterocycles. The molecule has 0 amide bonds. The lowest BCUT2D eigenvalue weighted by Crippen LogP contribution is -2.04. The Balaban J connectivity index is 2.33. The second-order valence-electron chi connectivity index (χ2n) is 1.18. The highest BCUT2D eigenvalue weighted by atomic mass is 16.6. The van der Waals surface area contributed by atoms with Crippen LogP contribution >= 0.6 is 0 Å². The Labute approximate surface area is 48.3 Å². The van der Waals surface area contributed by atoms with Crippen molar-refractivity contribution in [1.82, 2.24) is 0 Å². The molecule has 0 atom stereocenters. The standard InChI is InChI=1S/C4H5BNO2/c1-3-7-5-8-4-2-6-1/h1-3H,4H2. The Bertz CT molecular complexity index is 98.6. The van der Waals surface area contributed by atoms with E-state index in [4.69, 9.17) is 4.65 Å². The number of aliphatic imine (C=N–C) groups is 1. The molecule has 8 heavy (non-hydrogen) atoms. The maximum Gasteiger partial charge on any atom is 0.572 e. The van der Waals surface area contributed by atoms with Crippen LogP contribution in [-0.2, 0) is 9.31 Å². The average molecular weight is 110 g/mol. The summed E-state index contributed by atoms with van der Waals surface area (Å²) < 4.78 is 9.36. The normalized spacial score (nSPS) is 18.0. The van der Waals surface area contributed by atoms with Crippen LogP contribution in [0.2, 0.25) is 0 Å². The van der Waals surface area contributed by atoms with Crippen LogP contribution in [0.4, 0.5) is 0 Å². The highest BCUT2D eigenvalue weighted by Gasteiger charge is 1.90. The van der Waals surface area contributed by atoms with E-state index in [-0.39, 0.29) is 0 Å². The highest BCUT2D eigenvalue weighted by Crippen LogP contribution is 1.81. The van der Waals surface area contributed by atoms with Crippen molar-refractivity contribution >= 4 is 13.9 Å². The molecule has 1 radical (unpaired) electrons. The van der Waals surface area contributed by atoms with Crippen LogP contribution < -0.4 is 0 Å².